The first-order valence-electron chi connectivity index (χ1n) is 9.05. The molecule has 1 unspecified atom stereocenters. The Morgan fingerprint density at radius 3 is 2.68 bits per heavy atom. The molecule has 132 valence electrons. The number of nitrogens with one attached hydrogen (secondary N) is 1. The normalized spacial score (nSPS) is 17.4. The molecule has 1 aliphatic rings. The fourth-order valence-electron chi connectivity index (χ4n) is 3.42. The quantitative estimate of drug-likeness (QED) is 0.911. The predicted molar refractivity (Wildman–Crippen MR) is 101 cm³/mol. The molecule has 2 aromatic rings. The summed E-state index contributed by atoms with van der Waals surface area (Å²) in [6.07, 6.45) is 7.98. The third-order valence-corrected chi connectivity index (χ3v) is 4.89. The van der Waals surface area contributed by atoms with Gasteiger partial charge in [0.2, 0.25) is 5.95 Å². The van der Waals surface area contributed by atoms with Gasteiger partial charge in [0.25, 0.3) is 5.91 Å². The highest BCUT2D eigenvalue weighted by Gasteiger charge is 2.23. The van der Waals surface area contributed by atoms with E-state index in [9.17, 15) is 4.79 Å². The lowest BCUT2D eigenvalue weighted by atomic mass is 10.0. The topological polar surface area (TPSA) is 58.1 Å². The minimum Gasteiger partial charge on any atom is -0.338 e. The van der Waals surface area contributed by atoms with Crippen molar-refractivity contribution >= 4 is 17.5 Å². The molecule has 1 atom stereocenters. The summed E-state index contributed by atoms with van der Waals surface area (Å²) in [4.78, 5) is 23.6. The first-order valence-corrected chi connectivity index (χ1v) is 9.05. The van der Waals surface area contributed by atoms with Gasteiger partial charge in [0.15, 0.2) is 0 Å². The minimum atomic E-state index is -0.177. The second-order valence-electron chi connectivity index (χ2n) is 6.80. The zero-order valence-corrected chi connectivity index (χ0v) is 15.2. The van der Waals surface area contributed by atoms with Crippen LogP contribution >= 0.6 is 0 Å². The fourth-order valence-corrected chi connectivity index (χ4v) is 3.42. The van der Waals surface area contributed by atoms with Crippen LogP contribution in [0.3, 0.4) is 0 Å². The van der Waals surface area contributed by atoms with E-state index in [2.05, 4.69) is 33.2 Å². The van der Waals surface area contributed by atoms with Crippen LogP contribution in [0.2, 0.25) is 0 Å². The van der Waals surface area contributed by atoms with Crippen molar-refractivity contribution in [3.05, 3.63) is 47.3 Å². The van der Waals surface area contributed by atoms with Crippen LogP contribution in [0.4, 0.5) is 11.6 Å². The molecule has 1 N–H and O–H groups in total. The van der Waals surface area contributed by atoms with Crippen LogP contribution in [0.1, 0.15) is 54.1 Å². The Hall–Kier alpha value is -2.43. The SMILES string of the molecule is CCC1CCCCN1c1ncc(C(=O)Nc2ccc(C)cc2C)cn1. The van der Waals surface area contributed by atoms with Crippen LogP contribution in [0, 0.1) is 13.8 Å². The van der Waals surface area contributed by atoms with Gasteiger partial charge in [-0.25, -0.2) is 9.97 Å². The lowest BCUT2D eigenvalue weighted by molar-refractivity contribution is 0.102. The molecule has 0 aliphatic carbocycles. The Morgan fingerprint density at radius 2 is 2.00 bits per heavy atom. The number of amides is 1. The van der Waals surface area contributed by atoms with Gasteiger partial charge in [-0.1, -0.05) is 24.6 Å². The van der Waals surface area contributed by atoms with Crippen LogP contribution < -0.4 is 10.2 Å². The van der Waals surface area contributed by atoms with E-state index in [-0.39, 0.29) is 5.91 Å². The smallest absolute Gasteiger partial charge is 0.258 e. The third kappa shape index (κ3) is 3.98. The molecule has 1 aliphatic heterocycles. The average molecular weight is 338 g/mol. The Balaban J connectivity index is 1.72. The van der Waals surface area contributed by atoms with E-state index in [0.717, 1.165) is 30.2 Å². The highest BCUT2D eigenvalue weighted by Crippen LogP contribution is 2.23. The molecule has 0 bridgehead atoms. The zero-order valence-electron chi connectivity index (χ0n) is 15.2. The highest BCUT2D eigenvalue weighted by atomic mass is 16.1. The van der Waals surface area contributed by atoms with Gasteiger partial charge in [0.05, 0.1) is 5.56 Å². The summed E-state index contributed by atoms with van der Waals surface area (Å²) >= 11 is 0. The third-order valence-electron chi connectivity index (χ3n) is 4.89. The zero-order chi connectivity index (χ0) is 17.8. The maximum absolute atomic E-state index is 12.5. The van der Waals surface area contributed by atoms with Gasteiger partial charge in [-0.05, 0) is 51.2 Å². The van der Waals surface area contributed by atoms with Crippen molar-refractivity contribution in [2.75, 3.05) is 16.8 Å². The van der Waals surface area contributed by atoms with Crippen LogP contribution in [0.25, 0.3) is 0 Å². The van der Waals surface area contributed by atoms with E-state index in [0.29, 0.717) is 11.6 Å². The van der Waals surface area contributed by atoms with Crippen LogP contribution in [-0.4, -0.2) is 28.5 Å². The summed E-state index contributed by atoms with van der Waals surface area (Å²) in [5.74, 6) is 0.554. The first kappa shape index (κ1) is 17.4. The molecule has 0 saturated carbocycles. The molecule has 0 radical (unpaired) electrons. The molecule has 1 fully saturated rings. The molecule has 5 nitrogen and oxygen atoms in total. The van der Waals surface area contributed by atoms with Crippen molar-refractivity contribution in [1.82, 2.24) is 9.97 Å². The summed E-state index contributed by atoms with van der Waals surface area (Å²) in [5, 5.41) is 2.94. The number of hydrogen-bond acceptors (Lipinski definition) is 4. The van der Waals surface area contributed by atoms with Crippen molar-refractivity contribution in [2.45, 2.75) is 52.5 Å². The summed E-state index contributed by atoms with van der Waals surface area (Å²) in [6.45, 7) is 7.22. The van der Waals surface area contributed by atoms with Crippen LogP contribution in [-0.2, 0) is 0 Å². The number of carbonyl (C=O) groups excluding carboxylic acids is 1. The van der Waals surface area contributed by atoms with Crippen molar-refractivity contribution in [2.24, 2.45) is 0 Å². The van der Waals surface area contributed by atoms with Crippen LogP contribution in [0.15, 0.2) is 30.6 Å². The number of hydrogen-bond donors (Lipinski definition) is 1. The Morgan fingerprint density at radius 1 is 1.24 bits per heavy atom. The molecule has 0 spiro atoms. The molecule has 1 saturated heterocycles. The molecule has 1 aromatic heterocycles. The van der Waals surface area contributed by atoms with E-state index in [1.54, 1.807) is 12.4 Å². The largest absolute Gasteiger partial charge is 0.338 e. The number of aryl methyl sites for hydroxylation is 2. The van der Waals surface area contributed by atoms with Gasteiger partial charge >= 0.3 is 0 Å². The summed E-state index contributed by atoms with van der Waals surface area (Å²) in [6, 6.07) is 6.47. The lowest BCUT2D eigenvalue weighted by Gasteiger charge is -2.35. The van der Waals surface area contributed by atoms with Gasteiger partial charge in [-0.3, -0.25) is 4.79 Å². The molecule has 3 rings (SSSR count). The van der Waals surface area contributed by atoms with Gasteiger partial charge in [0.1, 0.15) is 0 Å². The van der Waals surface area contributed by atoms with Crippen molar-refractivity contribution < 1.29 is 4.79 Å². The number of anilines is 2. The number of nitrogens with zero attached hydrogens (tertiary/aromatic N) is 3. The fraction of sp³-hybridized carbons (Fsp3) is 0.450. The second kappa shape index (κ2) is 7.64. The summed E-state index contributed by atoms with van der Waals surface area (Å²) in [5.41, 5.74) is 3.52. The Bertz CT molecular complexity index is 742. The second-order valence-corrected chi connectivity index (χ2v) is 6.80. The minimum absolute atomic E-state index is 0.177. The average Bonchev–Trinajstić information content (AvgIpc) is 2.64. The standard InChI is InChI=1S/C20H26N4O/c1-4-17-7-5-6-10-24(17)20-21-12-16(13-22-20)19(25)23-18-9-8-14(2)11-15(18)3/h8-9,11-13,17H,4-7,10H2,1-3H3,(H,23,25). The van der Waals surface area contributed by atoms with Crippen molar-refractivity contribution in [3.63, 3.8) is 0 Å². The maximum Gasteiger partial charge on any atom is 0.258 e. The van der Waals surface area contributed by atoms with Crippen molar-refractivity contribution in [1.29, 1.82) is 0 Å². The van der Waals surface area contributed by atoms with Gasteiger partial charge in [-0.15, -0.1) is 0 Å². The summed E-state index contributed by atoms with van der Waals surface area (Å²) < 4.78 is 0. The summed E-state index contributed by atoms with van der Waals surface area (Å²) in [7, 11) is 0. The van der Waals surface area contributed by atoms with Gasteiger partial charge in [0, 0.05) is 30.7 Å². The number of rotatable bonds is 4. The van der Waals surface area contributed by atoms with E-state index < -0.39 is 0 Å². The maximum atomic E-state index is 12.5. The van der Waals surface area contributed by atoms with E-state index >= 15 is 0 Å². The van der Waals surface area contributed by atoms with E-state index in [1.165, 1.54) is 24.8 Å². The monoisotopic (exact) mass is 338 g/mol. The number of piperidine rings is 1. The number of benzene rings is 1. The molecule has 25 heavy (non-hydrogen) atoms. The molecule has 1 aromatic carbocycles. The van der Waals surface area contributed by atoms with E-state index in [1.807, 2.05) is 26.0 Å². The van der Waals surface area contributed by atoms with Gasteiger partial charge in [-0.2, -0.15) is 0 Å². The predicted octanol–water partition coefficient (Wildman–Crippen LogP) is 4.11. The molecular formula is C20H26N4O. The van der Waals surface area contributed by atoms with E-state index in [4.69, 9.17) is 0 Å². The first-order chi connectivity index (χ1) is 12.1. The van der Waals surface area contributed by atoms with Gasteiger partial charge < -0.3 is 10.2 Å². The molecular weight excluding hydrogens is 312 g/mol. The molecule has 5 heteroatoms. The number of carbonyl (C=O) groups is 1. The lowest BCUT2D eigenvalue weighted by Crippen LogP contribution is -2.40. The highest BCUT2D eigenvalue weighted by molar-refractivity contribution is 6.04. The number of aromatic nitrogens is 2. The Labute approximate surface area is 149 Å². The molecule has 2 heterocycles. The van der Waals surface area contributed by atoms with Crippen molar-refractivity contribution in [3.8, 4) is 0 Å². The van der Waals surface area contributed by atoms with Crippen LogP contribution in [0.5, 0.6) is 0 Å². The Kier molecular flexibility index (Phi) is 5.31. The molecule has 1 amide bonds.